The molecular weight excluding hydrogens is 799 g/mol. The van der Waals surface area contributed by atoms with Crippen LogP contribution >= 0.6 is 0 Å². The Labute approximate surface area is 383 Å². The lowest BCUT2D eigenvalue weighted by molar-refractivity contribution is 0.660. The highest BCUT2D eigenvalue weighted by molar-refractivity contribution is 6.26. The Kier molecular flexibility index (Phi) is 7.74. The molecule has 0 unspecified atom stereocenters. The molecule has 1 aliphatic rings. The third kappa shape index (κ3) is 5.14. The summed E-state index contributed by atoms with van der Waals surface area (Å²) in [7, 11) is 0. The summed E-state index contributed by atoms with van der Waals surface area (Å²) in [4.78, 5) is 2.46. The maximum atomic E-state index is 2.48. The van der Waals surface area contributed by atoms with E-state index in [1.165, 1.54) is 104 Å². The summed E-state index contributed by atoms with van der Waals surface area (Å²) >= 11 is 0. The van der Waals surface area contributed by atoms with Gasteiger partial charge in [0, 0.05) is 54.8 Å². The van der Waals surface area contributed by atoms with Gasteiger partial charge in [0.15, 0.2) is 0 Å². The average Bonchev–Trinajstić information content (AvgIpc) is 4.08. The quantitative estimate of drug-likeness (QED) is 0.162. The SMILES string of the molecule is CC1(C)c2ccccc2-c2cc(-c3ccc(N(c4ccc(-c5cccc6c5c5ccccc5n6-c5ccccc5)cc4)c4cccc5c4c4cccc6c7ccccc7n5c64)cc3)ccc21. The molecule has 10 aromatic carbocycles. The fraction of sp³-hybridized carbons (Fsp3) is 0.0476. The molecule has 1 aliphatic carbocycles. The first-order chi connectivity index (χ1) is 32.5. The molecule has 3 nitrogen and oxygen atoms in total. The van der Waals surface area contributed by atoms with E-state index in [9.17, 15) is 0 Å². The predicted molar refractivity (Wildman–Crippen MR) is 279 cm³/mol. The van der Waals surface area contributed by atoms with E-state index in [0.29, 0.717) is 0 Å². The highest BCUT2D eigenvalue weighted by Crippen LogP contribution is 2.51. The fourth-order valence-electron chi connectivity index (χ4n) is 11.7. The number of benzene rings is 10. The van der Waals surface area contributed by atoms with Gasteiger partial charge < -0.3 is 13.9 Å². The van der Waals surface area contributed by atoms with E-state index >= 15 is 0 Å². The molecule has 0 saturated carbocycles. The summed E-state index contributed by atoms with van der Waals surface area (Å²) in [6.45, 7) is 4.69. The number of hydrogen-bond acceptors (Lipinski definition) is 1. The second-order valence-electron chi connectivity index (χ2n) is 18.5. The molecule has 0 N–H and O–H groups in total. The maximum absolute atomic E-state index is 2.48. The van der Waals surface area contributed by atoms with Crippen molar-refractivity contribution in [1.29, 1.82) is 0 Å². The molecule has 0 spiro atoms. The molecule has 0 aliphatic heterocycles. The Hall–Kier alpha value is -8.40. The van der Waals surface area contributed by atoms with Crippen LogP contribution in [-0.2, 0) is 5.41 Å². The number of aromatic nitrogens is 2. The van der Waals surface area contributed by atoms with Crippen molar-refractivity contribution >= 4 is 77.0 Å². The first kappa shape index (κ1) is 37.0. The first-order valence-electron chi connectivity index (χ1n) is 23.0. The molecule has 3 heterocycles. The van der Waals surface area contributed by atoms with E-state index in [1.54, 1.807) is 0 Å². The van der Waals surface area contributed by atoms with Crippen molar-refractivity contribution < 1.29 is 0 Å². The Morgan fingerprint density at radius 1 is 0.364 bits per heavy atom. The van der Waals surface area contributed by atoms with Crippen molar-refractivity contribution in [2.75, 3.05) is 4.90 Å². The van der Waals surface area contributed by atoms with Crippen LogP contribution in [0.4, 0.5) is 17.1 Å². The Bertz CT molecular complexity index is 4060. The highest BCUT2D eigenvalue weighted by atomic mass is 15.1. The molecule has 14 rings (SSSR count). The van der Waals surface area contributed by atoms with Crippen molar-refractivity contribution in [2.24, 2.45) is 0 Å². The van der Waals surface area contributed by atoms with Gasteiger partial charge in [0.1, 0.15) is 0 Å². The van der Waals surface area contributed by atoms with Gasteiger partial charge >= 0.3 is 0 Å². The van der Waals surface area contributed by atoms with E-state index in [2.05, 4.69) is 252 Å². The van der Waals surface area contributed by atoms with Gasteiger partial charge in [-0.25, -0.2) is 0 Å². The lowest BCUT2D eigenvalue weighted by Gasteiger charge is -2.27. The van der Waals surface area contributed by atoms with Crippen LogP contribution < -0.4 is 4.90 Å². The molecule has 3 aromatic heterocycles. The molecule has 0 fully saturated rings. The minimum absolute atomic E-state index is 0.0224. The Morgan fingerprint density at radius 3 is 1.76 bits per heavy atom. The van der Waals surface area contributed by atoms with Gasteiger partial charge in [-0.1, -0.05) is 166 Å². The summed E-state index contributed by atoms with van der Waals surface area (Å²) in [5.74, 6) is 0. The van der Waals surface area contributed by atoms with E-state index in [1.807, 2.05) is 0 Å². The molecule has 0 saturated heterocycles. The summed E-state index contributed by atoms with van der Waals surface area (Å²) in [6, 6.07) is 83.0. The Balaban J connectivity index is 0.942. The topological polar surface area (TPSA) is 12.6 Å². The largest absolute Gasteiger partial charge is 0.310 e. The zero-order valence-corrected chi connectivity index (χ0v) is 36.7. The Morgan fingerprint density at radius 2 is 0.939 bits per heavy atom. The molecule has 13 aromatic rings. The zero-order valence-electron chi connectivity index (χ0n) is 36.7. The van der Waals surface area contributed by atoms with Crippen molar-refractivity contribution in [3.8, 4) is 39.1 Å². The average molecular weight is 842 g/mol. The molecule has 0 atom stereocenters. The van der Waals surface area contributed by atoms with Gasteiger partial charge in [-0.2, -0.15) is 0 Å². The maximum Gasteiger partial charge on any atom is 0.0621 e. The smallest absolute Gasteiger partial charge is 0.0621 e. The van der Waals surface area contributed by atoms with Gasteiger partial charge in [-0.15, -0.1) is 0 Å². The number of rotatable bonds is 6. The summed E-state index contributed by atoms with van der Waals surface area (Å²) in [5.41, 5.74) is 20.9. The van der Waals surface area contributed by atoms with Crippen LogP contribution in [0.15, 0.2) is 224 Å². The normalized spacial score (nSPS) is 13.1. The van der Waals surface area contributed by atoms with Gasteiger partial charge in [0.25, 0.3) is 0 Å². The second-order valence-corrected chi connectivity index (χ2v) is 18.5. The van der Waals surface area contributed by atoms with Gasteiger partial charge in [0.05, 0.1) is 33.3 Å². The molecule has 0 radical (unpaired) electrons. The monoisotopic (exact) mass is 841 g/mol. The summed E-state index contributed by atoms with van der Waals surface area (Å²) in [6.07, 6.45) is 0. The second kappa shape index (κ2) is 13.8. The first-order valence-corrected chi connectivity index (χ1v) is 23.0. The van der Waals surface area contributed by atoms with Gasteiger partial charge in [-0.05, 0) is 117 Å². The number of fused-ring (bicyclic) bond motifs is 12. The number of para-hydroxylation sites is 4. The molecule has 66 heavy (non-hydrogen) atoms. The third-order valence-electron chi connectivity index (χ3n) is 14.7. The van der Waals surface area contributed by atoms with Crippen LogP contribution in [0, 0.1) is 0 Å². The van der Waals surface area contributed by atoms with E-state index < -0.39 is 0 Å². The minimum atomic E-state index is -0.0224. The number of anilines is 3. The molecular formula is C63H43N3. The van der Waals surface area contributed by atoms with Crippen LogP contribution in [0.3, 0.4) is 0 Å². The molecule has 0 bridgehead atoms. The van der Waals surface area contributed by atoms with E-state index in [0.717, 1.165) is 22.7 Å². The highest BCUT2D eigenvalue weighted by Gasteiger charge is 2.35. The van der Waals surface area contributed by atoms with E-state index in [4.69, 9.17) is 0 Å². The van der Waals surface area contributed by atoms with Crippen molar-refractivity contribution in [1.82, 2.24) is 8.97 Å². The summed E-state index contributed by atoms with van der Waals surface area (Å²) < 4.78 is 4.87. The van der Waals surface area contributed by atoms with Gasteiger partial charge in [0.2, 0.25) is 0 Å². The van der Waals surface area contributed by atoms with E-state index in [-0.39, 0.29) is 5.41 Å². The van der Waals surface area contributed by atoms with Crippen molar-refractivity contribution in [3.63, 3.8) is 0 Å². The predicted octanol–water partition coefficient (Wildman–Crippen LogP) is 17.0. The molecule has 310 valence electrons. The minimum Gasteiger partial charge on any atom is -0.310 e. The number of hydrogen-bond donors (Lipinski definition) is 0. The van der Waals surface area contributed by atoms with Crippen LogP contribution in [0.1, 0.15) is 25.0 Å². The van der Waals surface area contributed by atoms with Crippen LogP contribution in [0.2, 0.25) is 0 Å². The molecule has 3 heteroatoms. The fourth-order valence-corrected chi connectivity index (χ4v) is 11.7. The van der Waals surface area contributed by atoms with Crippen LogP contribution in [0.5, 0.6) is 0 Å². The lowest BCUT2D eigenvalue weighted by atomic mass is 9.82. The lowest BCUT2D eigenvalue weighted by Crippen LogP contribution is -2.14. The third-order valence-corrected chi connectivity index (χ3v) is 14.7. The zero-order chi connectivity index (χ0) is 43.7. The standard InChI is InChI=1S/C63H43N3/c1-63(2)53-23-9-6-17-47(53)52-39-42(33-38-54(52)63)40-29-34-44(35-30-40)64(58-27-14-28-59-61(58)51-22-12-21-49-48-18-7-10-24-55(48)66(59)62(49)51)45-36-31-41(32-37-45)46-20-13-26-57-60(46)50-19-8-11-25-56(50)65(57)43-15-4-3-5-16-43/h3-39H,1-2H3. The van der Waals surface area contributed by atoms with Crippen molar-refractivity contribution in [2.45, 2.75) is 19.3 Å². The van der Waals surface area contributed by atoms with Crippen molar-refractivity contribution in [3.05, 3.63) is 236 Å². The van der Waals surface area contributed by atoms with Crippen LogP contribution in [-0.4, -0.2) is 8.97 Å². The molecule has 0 amide bonds. The summed E-state index contributed by atoms with van der Waals surface area (Å²) in [5, 5.41) is 7.59. The van der Waals surface area contributed by atoms with Crippen LogP contribution in [0.25, 0.3) is 99.0 Å². The number of nitrogens with zero attached hydrogens (tertiary/aromatic N) is 3. The van der Waals surface area contributed by atoms with Gasteiger partial charge in [-0.3, -0.25) is 0 Å².